The zero-order valence-electron chi connectivity index (χ0n) is 35.3. The second-order valence-corrected chi connectivity index (χ2v) is 15.2. The summed E-state index contributed by atoms with van der Waals surface area (Å²) >= 11 is 0. The van der Waals surface area contributed by atoms with E-state index in [1.807, 2.05) is 24.3 Å². The Kier molecular flexibility index (Phi) is 37.7. The highest BCUT2D eigenvalue weighted by Gasteiger charge is 2.28. The van der Waals surface area contributed by atoms with Crippen molar-refractivity contribution in [3.63, 3.8) is 0 Å². The Hall–Kier alpha value is -3.60. The zero-order valence-corrected chi connectivity index (χ0v) is 36.2. The summed E-state index contributed by atoms with van der Waals surface area (Å²) in [5.41, 5.74) is 5.32. The Morgan fingerprint density at radius 2 is 0.897 bits per heavy atom. The van der Waals surface area contributed by atoms with E-state index < -0.39 is 57.7 Å². The van der Waals surface area contributed by atoms with Crippen molar-refractivity contribution in [2.75, 3.05) is 19.8 Å². The van der Waals surface area contributed by atoms with Gasteiger partial charge in [-0.05, 0) is 89.9 Å². The van der Waals surface area contributed by atoms with Crippen molar-refractivity contribution >= 4 is 25.7 Å². The molecule has 0 spiro atoms. The highest BCUT2D eigenvalue weighted by atomic mass is 31.2. The minimum Gasteiger partial charge on any atom is -0.480 e. The predicted octanol–water partition coefficient (Wildman–Crippen LogP) is 11.3. The first-order chi connectivity index (χ1) is 28.1. The third kappa shape index (κ3) is 39.2. The molecule has 0 aromatic rings. The van der Waals surface area contributed by atoms with Crippen LogP contribution >= 0.6 is 7.82 Å². The van der Waals surface area contributed by atoms with Crippen LogP contribution in [0.5, 0.6) is 0 Å². The van der Waals surface area contributed by atoms with Crippen LogP contribution in [0.3, 0.4) is 0 Å². The van der Waals surface area contributed by atoms with Crippen molar-refractivity contribution in [3.05, 3.63) is 97.2 Å². The van der Waals surface area contributed by atoms with Gasteiger partial charge in [0.25, 0.3) is 0 Å². The van der Waals surface area contributed by atoms with Gasteiger partial charge < -0.3 is 25.2 Å². The van der Waals surface area contributed by atoms with E-state index in [0.717, 1.165) is 51.4 Å². The van der Waals surface area contributed by atoms with Crippen LogP contribution in [-0.4, -0.2) is 59.9 Å². The summed E-state index contributed by atoms with van der Waals surface area (Å²) in [6.45, 7) is 2.61. The van der Waals surface area contributed by atoms with Crippen molar-refractivity contribution in [2.45, 2.75) is 154 Å². The molecule has 328 valence electrons. The minimum absolute atomic E-state index is 0.0678. The van der Waals surface area contributed by atoms with Gasteiger partial charge in [-0.15, -0.1) is 0 Å². The summed E-state index contributed by atoms with van der Waals surface area (Å²) in [7, 11) is -4.75. The molecule has 0 rings (SSSR count). The predicted molar refractivity (Wildman–Crippen MR) is 235 cm³/mol. The van der Waals surface area contributed by atoms with Gasteiger partial charge in [0.05, 0.1) is 13.2 Å². The van der Waals surface area contributed by atoms with E-state index in [1.54, 1.807) is 0 Å². The number of allylic oxidation sites excluding steroid dienone is 16. The molecule has 58 heavy (non-hydrogen) atoms. The maximum Gasteiger partial charge on any atom is 0.472 e. The normalized spacial score (nSPS) is 14.7. The maximum atomic E-state index is 12.6. The molecule has 0 aromatic heterocycles. The first kappa shape index (κ1) is 54.4. The lowest BCUT2D eigenvalue weighted by molar-refractivity contribution is -0.161. The Morgan fingerprint density at radius 3 is 1.29 bits per heavy atom. The molecule has 0 saturated carbocycles. The molecular weight excluding hydrogens is 757 g/mol. The van der Waals surface area contributed by atoms with Gasteiger partial charge in [0, 0.05) is 12.8 Å². The summed E-state index contributed by atoms with van der Waals surface area (Å²) in [5.74, 6) is -2.54. The maximum absolute atomic E-state index is 12.6. The molecule has 0 aliphatic rings. The molecule has 0 radical (unpaired) electrons. The summed E-state index contributed by atoms with van der Waals surface area (Å²) in [4.78, 5) is 45.9. The Balaban J connectivity index is 4.60. The molecular formula is C46H74NO10P. The average Bonchev–Trinajstić information content (AvgIpc) is 3.20. The van der Waals surface area contributed by atoms with E-state index in [1.165, 1.54) is 38.5 Å². The van der Waals surface area contributed by atoms with Gasteiger partial charge in [0.15, 0.2) is 6.10 Å². The molecule has 0 heterocycles. The summed E-state index contributed by atoms with van der Waals surface area (Å²) in [5, 5.41) is 8.88. The molecule has 0 aromatic carbocycles. The van der Waals surface area contributed by atoms with E-state index in [0.29, 0.717) is 25.7 Å². The van der Waals surface area contributed by atoms with Crippen molar-refractivity contribution in [1.29, 1.82) is 0 Å². The van der Waals surface area contributed by atoms with Crippen LogP contribution in [-0.2, 0) is 37.5 Å². The van der Waals surface area contributed by atoms with E-state index in [4.69, 9.17) is 24.8 Å². The topological polar surface area (TPSA) is 172 Å². The number of hydrogen-bond acceptors (Lipinski definition) is 9. The Labute approximate surface area is 349 Å². The number of hydrogen-bond donors (Lipinski definition) is 3. The van der Waals surface area contributed by atoms with Gasteiger partial charge in [0.2, 0.25) is 0 Å². The lowest BCUT2D eigenvalue weighted by atomic mass is 10.2. The quantitative estimate of drug-likeness (QED) is 0.0234. The lowest BCUT2D eigenvalue weighted by Gasteiger charge is -2.20. The molecule has 4 N–H and O–H groups in total. The summed E-state index contributed by atoms with van der Waals surface area (Å²) in [6.07, 6.45) is 50.6. The monoisotopic (exact) mass is 832 g/mol. The van der Waals surface area contributed by atoms with Gasteiger partial charge in [-0.2, -0.15) is 0 Å². The van der Waals surface area contributed by atoms with Crippen molar-refractivity contribution in [3.8, 4) is 0 Å². The number of aliphatic carboxylic acids is 1. The number of rotatable bonds is 38. The van der Waals surface area contributed by atoms with E-state index in [9.17, 15) is 23.8 Å². The molecule has 0 bridgehead atoms. The number of carbonyl (C=O) groups excluding carboxylic acids is 2. The highest BCUT2D eigenvalue weighted by Crippen LogP contribution is 2.43. The fourth-order valence-electron chi connectivity index (χ4n) is 4.93. The molecule has 0 amide bonds. The van der Waals surface area contributed by atoms with Gasteiger partial charge in [0.1, 0.15) is 12.6 Å². The molecule has 3 unspecified atom stereocenters. The first-order valence-corrected chi connectivity index (χ1v) is 22.8. The van der Waals surface area contributed by atoms with Crippen molar-refractivity contribution in [2.24, 2.45) is 5.73 Å². The second kappa shape index (κ2) is 40.2. The molecule has 0 fully saturated rings. The van der Waals surface area contributed by atoms with Gasteiger partial charge in [-0.1, -0.05) is 137 Å². The van der Waals surface area contributed by atoms with E-state index in [2.05, 4.69) is 91.3 Å². The van der Waals surface area contributed by atoms with Crippen LogP contribution in [0.1, 0.15) is 142 Å². The van der Waals surface area contributed by atoms with Crippen LogP contribution in [0.2, 0.25) is 0 Å². The largest absolute Gasteiger partial charge is 0.480 e. The van der Waals surface area contributed by atoms with Crippen LogP contribution in [0.25, 0.3) is 0 Å². The number of phosphoric ester groups is 1. The minimum atomic E-state index is -4.75. The van der Waals surface area contributed by atoms with E-state index in [-0.39, 0.29) is 12.8 Å². The number of esters is 2. The number of nitrogens with two attached hydrogens (primary N) is 1. The van der Waals surface area contributed by atoms with Crippen LogP contribution < -0.4 is 5.73 Å². The lowest BCUT2D eigenvalue weighted by Crippen LogP contribution is -2.34. The fraction of sp³-hybridized carbons (Fsp3) is 0.587. The number of ether oxygens (including phenoxy) is 2. The van der Waals surface area contributed by atoms with Gasteiger partial charge >= 0.3 is 25.7 Å². The smallest absolute Gasteiger partial charge is 0.472 e. The number of unbranched alkanes of at least 4 members (excludes halogenated alkanes) is 8. The second-order valence-electron chi connectivity index (χ2n) is 13.8. The van der Waals surface area contributed by atoms with Crippen LogP contribution in [0.15, 0.2) is 97.2 Å². The zero-order chi connectivity index (χ0) is 42.8. The number of carbonyl (C=O) groups is 3. The summed E-state index contributed by atoms with van der Waals surface area (Å²) < 4.78 is 32.5. The average molecular weight is 832 g/mol. The van der Waals surface area contributed by atoms with Crippen molar-refractivity contribution < 1.29 is 47.5 Å². The number of phosphoric acid groups is 1. The molecule has 12 heteroatoms. The number of carboxylic acids is 1. The standard InChI is InChI=1S/C46H74NO10P/c1-3-5-7-9-11-13-15-17-19-21-23-25-27-29-31-33-35-37-44(48)54-39-42(40-55-58(52,53)56-41-43(47)46(50)51)57-45(49)38-36-34-32-30-28-26-24-22-20-18-16-14-12-10-8-6-4-2/h11-14,17-20,23-26,29-32,42-43H,3-10,15-16,21-22,27-28,33-41,47H2,1-2H3,(H,50,51)(H,52,53)/b13-11-,14-12-,19-17-,20-18-,25-23-,26-24-,31-29-,32-30-. The van der Waals surface area contributed by atoms with Crippen LogP contribution in [0, 0.1) is 0 Å². The third-order valence-electron chi connectivity index (χ3n) is 8.30. The molecule has 3 atom stereocenters. The Morgan fingerprint density at radius 1 is 0.534 bits per heavy atom. The molecule has 11 nitrogen and oxygen atoms in total. The fourth-order valence-corrected chi connectivity index (χ4v) is 5.71. The molecule has 0 aliphatic carbocycles. The van der Waals surface area contributed by atoms with Gasteiger partial charge in [-0.3, -0.25) is 23.4 Å². The molecule has 0 saturated heterocycles. The van der Waals surface area contributed by atoms with Crippen molar-refractivity contribution in [1.82, 2.24) is 0 Å². The Bertz CT molecular complexity index is 1350. The van der Waals surface area contributed by atoms with E-state index >= 15 is 0 Å². The summed E-state index contributed by atoms with van der Waals surface area (Å²) in [6, 6.07) is -1.54. The first-order valence-electron chi connectivity index (χ1n) is 21.3. The number of carboxylic acid groups (broad SMARTS) is 1. The highest BCUT2D eigenvalue weighted by molar-refractivity contribution is 7.47. The SMILES string of the molecule is CCCCC/C=C\C/C=C\C/C=C\C/C=C\CCCC(=O)OCC(COP(=O)(O)OCC(N)C(=O)O)OC(=O)CCC/C=C\C/C=C\C/C=C\C/C=C\CCCCC. The third-order valence-corrected chi connectivity index (χ3v) is 9.26. The van der Waals surface area contributed by atoms with Gasteiger partial charge in [-0.25, -0.2) is 4.57 Å². The van der Waals surface area contributed by atoms with Crippen LogP contribution in [0.4, 0.5) is 0 Å². The molecule has 0 aliphatic heterocycles.